The predicted molar refractivity (Wildman–Crippen MR) is 73.2 cm³/mol. The summed E-state index contributed by atoms with van der Waals surface area (Å²) in [5.74, 6) is 1.57. The van der Waals surface area contributed by atoms with Gasteiger partial charge in [-0.15, -0.1) is 0 Å². The molecule has 1 aromatic rings. The van der Waals surface area contributed by atoms with Gasteiger partial charge >= 0.3 is 0 Å². The molecule has 0 aromatic heterocycles. The Kier molecular flexibility index (Phi) is 4.04. The Morgan fingerprint density at radius 1 is 1.26 bits per heavy atom. The van der Waals surface area contributed by atoms with Crippen LogP contribution in [-0.4, -0.2) is 24.4 Å². The quantitative estimate of drug-likeness (QED) is 0.829. The minimum absolute atomic E-state index is 0.0198. The second kappa shape index (κ2) is 5.93. The molecule has 0 amide bonds. The van der Waals surface area contributed by atoms with Crippen molar-refractivity contribution in [3.05, 3.63) is 29.8 Å². The molecule has 3 rings (SSSR count). The Morgan fingerprint density at radius 2 is 2.05 bits per heavy atom. The van der Waals surface area contributed by atoms with Crippen molar-refractivity contribution < 1.29 is 14.6 Å². The lowest BCUT2D eigenvalue weighted by molar-refractivity contribution is 0.136. The first-order valence-electron chi connectivity index (χ1n) is 7.35. The summed E-state index contributed by atoms with van der Waals surface area (Å²) in [5, 5.41) is 10.0. The third kappa shape index (κ3) is 3.48. The fourth-order valence-electron chi connectivity index (χ4n) is 2.81. The zero-order chi connectivity index (χ0) is 13.1. The number of hydrogen-bond donors (Lipinski definition) is 1. The molecule has 1 aliphatic carbocycles. The zero-order valence-corrected chi connectivity index (χ0v) is 11.3. The number of aliphatic hydroxyl groups is 1. The smallest absolute Gasteiger partial charge is 0.119 e. The van der Waals surface area contributed by atoms with Crippen LogP contribution in [0, 0.1) is 5.92 Å². The lowest BCUT2D eigenvalue weighted by atomic mass is 9.90. The lowest BCUT2D eigenvalue weighted by Gasteiger charge is -2.22. The maximum absolute atomic E-state index is 10.0. The molecule has 1 saturated heterocycles. The molecule has 0 bridgehead atoms. The summed E-state index contributed by atoms with van der Waals surface area (Å²) >= 11 is 0. The third-order valence-corrected chi connectivity index (χ3v) is 4.12. The summed E-state index contributed by atoms with van der Waals surface area (Å²) in [7, 11) is 0. The van der Waals surface area contributed by atoms with Crippen LogP contribution in [0.1, 0.15) is 43.8 Å². The molecular weight excluding hydrogens is 240 g/mol. The van der Waals surface area contributed by atoms with Crippen LogP contribution in [-0.2, 0) is 4.74 Å². The normalized spacial score (nSPS) is 25.0. The highest BCUT2D eigenvalue weighted by atomic mass is 16.6. The second-order valence-corrected chi connectivity index (χ2v) is 5.70. The fraction of sp³-hybridized carbons (Fsp3) is 0.625. The molecule has 3 nitrogen and oxygen atoms in total. The van der Waals surface area contributed by atoms with E-state index in [0.29, 0.717) is 12.5 Å². The van der Waals surface area contributed by atoms with Crippen molar-refractivity contribution in [1.82, 2.24) is 0 Å². The van der Waals surface area contributed by atoms with Crippen molar-refractivity contribution in [3.63, 3.8) is 0 Å². The van der Waals surface area contributed by atoms with Crippen LogP contribution in [0.3, 0.4) is 0 Å². The summed E-state index contributed by atoms with van der Waals surface area (Å²) in [4.78, 5) is 0. The number of rotatable bonds is 5. The molecule has 2 aliphatic rings. The van der Waals surface area contributed by atoms with Gasteiger partial charge in [0, 0.05) is 0 Å². The molecule has 0 spiro atoms. The van der Waals surface area contributed by atoms with Gasteiger partial charge in [0.05, 0.1) is 13.2 Å². The predicted octanol–water partition coefficient (Wildman–Crippen LogP) is 3.08. The van der Waals surface area contributed by atoms with Gasteiger partial charge in [-0.2, -0.15) is 0 Å². The maximum atomic E-state index is 10.0. The Morgan fingerprint density at radius 3 is 2.79 bits per heavy atom. The highest BCUT2D eigenvalue weighted by molar-refractivity contribution is 5.30. The summed E-state index contributed by atoms with van der Waals surface area (Å²) in [5.41, 5.74) is 0.892. The first kappa shape index (κ1) is 12.9. The van der Waals surface area contributed by atoms with Crippen molar-refractivity contribution in [1.29, 1.82) is 0 Å². The molecule has 2 atom stereocenters. The largest absolute Gasteiger partial charge is 0.493 e. The van der Waals surface area contributed by atoms with Crippen LogP contribution in [0.5, 0.6) is 5.75 Å². The van der Waals surface area contributed by atoms with Gasteiger partial charge in [0.1, 0.15) is 18.0 Å². The monoisotopic (exact) mass is 262 g/mol. The van der Waals surface area contributed by atoms with E-state index in [4.69, 9.17) is 9.47 Å². The molecular formula is C16H22O3. The highest BCUT2D eigenvalue weighted by Crippen LogP contribution is 2.30. The number of ether oxygens (including phenoxy) is 2. The van der Waals surface area contributed by atoms with Gasteiger partial charge in [0.25, 0.3) is 0 Å². The Labute approximate surface area is 114 Å². The SMILES string of the molecule is OC(c1cccc(OCC2CCCCC2)c1)C1CO1. The van der Waals surface area contributed by atoms with E-state index < -0.39 is 6.10 Å². The Hall–Kier alpha value is -1.06. The van der Waals surface area contributed by atoms with Gasteiger partial charge in [-0.25, -0.2) is 0 Å². The number of epoxide rings is 1. The van der Waals surface area contributed by atoms with Crippen LogP contribution in [0.15, 0.2) is 24.3 Å². The molecule has 2 unspecified atom stereocenters. The Bertz CT molecular complexity index is 408. The summed E-state index contributed by atoms with van der Waals surface area (Å²) in [6, 6.07) is 7.78. The van der Waals surface area contributed by atoms with E-state index in [-0.39, 0.29) is 6.10 Å². The second-order valence-electron chi connectivity index (χ2n) is 5.70. The van der Waals surface area contributed by atoms with E-state index in [0.717, 1.165) is 17.9 Å². The maximum Gasteiger partial charge on any atom is 0.119 e. The van der Waals surface area contributed by atoms with E-state index in [9.17, 15) is 5.11 Å². The van der Waals surface area contributed by atoms with Gasteiger partial charge in [-0.1, -0.05) is 31.4 Å². The van der Waals surface area contributed by atoms with Gasteiger partial charge < -0.3 is 14.6 Å². The van der Waals surface area contributed by atoms with Gasteiger partial charge in [-0.05, 0) is 36.5 Å². The minimum Gasteiger partial charge on any atom is -0.493 e. The van der Waals surface area contributed by atoms with E-state index >= 15 is 0 Å². The average molecular weight is 262 g/mol. The van der Waals surface area contributed by atoms with E-state index in [1.54, 1.807) is 0 Å². The van der Waals surface area contributed by atoms with Crippen molar-refractivity contribution in [2.75, 3.05) is 13.2 Å². The van der Waals surface area contributed by atoms with Gasteiger partial charge in [0.2, 0.25) is 0 Å². The van der Waals surface area contributed by atoms with Crippen LogP contribution >= 0.6 is 0 Å². The van der Waals surface area contributed by atoms with Crippen molar-refractivity contribution in [2.45, 2.75) is 44.3 Å². The number of aliphatic hydroxyl groups excluding tert-OH is 1. The number of hydrogen-bond acceptors (Lipinski definition) is 3. The molecule has 1 saturated carbocycles. The molecule has 2 fully saturated rings. The van der Waals surface area contributed by atoms with Crippen LogP contribution in [0.25, 0.3) is 0 Å². The number of benzene rings is 1. The first-order valence-corrected chi connectivity index (χ1v) is 7.35. The van der Waals surface area contributed by atoms with Crippen molar-refractivity contribution in [2.24, 2.45) is 5.92 Å². The van der Waals surface area contributed by atoms with E-state index in [2.05, 4.69) is 0 Å². The molecule has 104 valence electrons. The lowest BCUT2D eigenvalue weighted by Crippen LogP contribution is -2.15. The standard InChI is InChI=1S/C16H22O3/c17-16(15-11-19-15)13-7-4-8-14(9-13)18-10-12-5-2-1-3-6-12/h4,7-9,12,15-17H,1-3,5-6,10-11H2. The highest BCUT2D eigenvalue weighted by Gasteiger charge is 2.32. The van der Waals surface area contributed by atoms with Gasteiger partial charge in [0.15, 0.2) is 0 Å². The fourth-order valence-corrected chi connectivity index (χ4v) is 2.81. The molecule has 0 radical (unpaired) electrons. The summed E-state index contributed by atoms with van der Waals surface area (Å²) < 4.78 is 11.0. The average Bonchev–Trinajstić information content (AvgIpc) is 3.30. The summed E-state index contributed by atoms with van der Waals surface area (Å²) in [6.45, 7) is 1.47. The Balaban J connectivity index is 1.56. The molecule has 3 heteroatoms. The summed E-state index contributed by atoms with van der Waals surface area (Å²) in [6.07, 6.45) is 6.10. The van der Waals surface area contributed by atoms with Crippen LogP contribution in [0.2, 0.25) is 0 Å². The van der Waals surface area contributed by atoms with E-state index in [1.165, 1.54) is 32.1 Å². The molecule has 1 aromatic carbocycles. The molecule has 1 N–H and O–H groups in total. The van der Waals surface area contributed by atoms with Gasteiger partial charge in [-0.3, -0.25) is 0 Å². The minimum atomic E-state index is -0.516. The van der Waals surface area contributed by atoms with E-state index in [1.807, 2.05) is 24.3 Å². The van der Waals surface area contributed by atoms with Crippen molar-refractivity contribution >= 4 is 0 Å². The van der Waals surface area contributed by atoms with Crippen molar-refractivity contribution in [3.8, 4) is 5.75 Å². The van der Waals surface area contributed by atoms with Crippen LogP contribution in [0.4, 0.5) is 0 Å². The molecule has 1 heterocycles. The molecule has 19 heavy (non-hydrogen) atoms. The third-order valence-electron chi connectivity index (χ3n) is 4.12. The zero-order valence-electron chi connectivity index (χ0n) is 11.3. The van der Waals surface area contributed by atoms with Crippen LogP contribution < -0.4 is 4.74 Å². The molecule has 1 aliphatic heterocycles. The topological polar surface area (TPSA) is 42.0 Å². The first-order chi connectivity index (χ1) is 9.33.